The third kappa shape index (κ3) is 0.766. The van der Waals surface area contributed by atoms with E-state index in [1.807, 2.05) is 6.08 Å². The van der Waals surface area contributed by atoms with Crippen molar-refractivity contribution in [3.8, 4) is 0 Å². The van der Waals surface area contributed by atoms with Crippen molar-refractivity contribution < 1.29 is 0 Å². The zero-order valence-corrected chi connectivity index (χ0v) is 6.25. The van der Waals surface area contributed by atoms with Gasteiger partial charge >= 0.3 is 0 Å². The summed E-state index contributed by atoms with van der Waals surface area (Å²) in [6, 6.07) is 0. The van der Waals surface area contributed by atoms with E-state index in [9.17, 15) is 0 Å². The molecule has 3 aliphatic rings. The van der Waals surface area contributed by atoms with Crippen LogP contribution in [0.4, 0.5) is 0 Å². The minimum Gasteiger partial charge on any atom is -0.101 e. The third-order valence-corrected chi connectivity index (χ3v) is 2.84. The monoisotopic (exact) mass is 130 g/mol. The minimum absolute atomic E-state index is 0.764. The van der Waals surface area contributed by atoms with Crippen LogP contribution in [0.5, 0.6) is 0 Å². The van der Waals surface area contributed by atoms with E-state index < -0.39 is 0 Å². The molecule has 1 fully saturated rings. The molecule has 3 atom stereocenters. The molecular weight excluding hydrogens is 119 g/mol. The van der Waals surface area contributed by atoms with Crippen molar-refractivity contribution >= 4 is 7.85 Å². The highest BCUT2D eigenvalue weighted by Crippen LogP contribution is 2.43. The average Bonchev–Trinajstić information content (AvgIpc) is 2.17. The fraction of sp³-hybridized carbons (Fsp3) is 0.556. The van der Waals surface area contributed by atoms with E-state index in [-0.39, 0.29) is 0 Å². The number of allylic oxidation sites excluding steroid dienone is 4. The van der Waals surface area contributed by atoms with E-state index in [1.54, 1.807) is 0 Å². The Morgan fingerprint density at radius 1 is 1.50 bits per heavy atom. The van der Waals surface area contributed by atoms with Gasteiger partial charge in [-0.2, -0.15) is 0 Å². The second-order valence-electron chi connectivity index (χ2n) is 3.45. The van der Waals surface area contributed by atoms with Crippen LogP contribution in [0.15, 0.2) is 23.7 Å². The molecule has 3 rings (SSSR count). The molecule has 0 aromatic heterocycles. The first kappa shape index (κ1) is 6.27. The molecule has 0 heterocycles. The van der Waals surface area contributed by atoms with Crippen LogP contribution < -0.4 is 0 Å². The summed E-state index contributed by atoms with van der Waals surface area (Å²) in [5, 5.41) is 0. The molecule has 1 saturated carbocycles. The molecule has 0 aromatic rings. The van der Waals surface area contributed by atoms with Gasteiger partial charge in [0.05, 0.1) is 0 Å². The highest BCUT2D eigenvalue weighted by atomic mass is 14.4. The van der Waals surface area contributed by atoms with Crippen molar-refractivity contribution in [1.82, 2.24) is 0 Å². The maximum atomic E-state index is 5.69. The summed E-state index contributed by atoms with van der Waals surface area (Å²) in [7, 11) is 5.69. The van der Waals surface area contributed by atoms with Gasteiger partial charge in [-0.1, -0.05) is 25.2 Å². The zero-order valence-electron chi connectivity index (χ0n) is 6.25. The van der Waals surface area contributed by atoms with E-state index in [0.717, 1.165) is 23.2 Å². The van der Waals surface area contributed by atoms with Crippen LogP contribution in [0.2, 0.25) is 0 Å². The lowest BCUT2D eigenvalue weighted by atomic mass is 9.66. The van der Waals surface area contributed by atoms with Gasteiger partial charge in [0.15, 0.2) is 0 Å². The lowest BCUT2D eigenvalue weighted by molar-refractivity contribution is 0.174. The van der Waals surface area contributed by atoms with E-state index >= 15 is 0 Å². The molecule has 0 nitrogen and oxygen atoms in total. The Morgan fingerprint density at radius 2 is 2.30 bits per heavy atom. The molecular formula is C9H11B. The largest absolute Gasteiger partial charge is 0.113 e. The second kappa shape index (κ2) is 2.01. The lowest BCUT2D eigenvalue weighted by Gasteiger charge is -2.38. The minimum atomic E-state index is 0.764. The highest BCUT2D eigenvalue weighted by molar-refractivity contribution is 6.23. The molecule has 0 aliphatic heterocycles. The molecule has 1 heteroatoms. The van der Waals surface area contributed by atoms with Crippen molar-refractivity contribution in [1.29, 1.82) is 0 Å². The molecule has 2 radical (unpaired) electrons. The summed E-state index contributed by atoms with van der Waals surface area (Å²) in [4.78, 5) is 0. The fourth-order valence-corrected chi connectivity index (χ4v) is 1.88. The van der Waals surface area contributed by atoms with Crippen molar-refractivity contribution in [3.63, 3.8) is 0 Å². The normalized spacial score (nSPS) is 43.7. The van der Waals surface area contributed by atoms with Crippen molar-refractivity contribution in [3.05, 3.63) is 23.7 Å². The van der Waals surface area contributed by atoms with Crippen LogP contribution >= 0.6 is 0 Å². The Hall–Kier alpha value is -0.455. The SMILES string of the molecule is [B]C1=CC2CC(C=C1)C2C. The Bertz CT molecular complexity index is 203. The molecule has 0 aromatic carbocycles. The average molecular weight is 130 g/mol. The van der Waals surface area contributed by atoms with Crippen LogP contribution in [0.3, 0.4) is 0 Å². The van der Waals surface area contributed by atoms with Gasteiger partial charge in [0.2, 0.25) is 0 Å². The quantitative estimate of drug-likeness (QED) is 0.439. The van der Waals surface area contributed by atoms with Gasteiger partial charge in [-0.15, -0.1) is 5.47 Å². The number of rotatable bonds is 0. The lowest BCUT2D eigenvalue weighted by Crippen LogP contribution is -2.30. The van der Waals surface area contributed by atoms with Gasteiger partial charge < -0.3 is 0 Å². The van der Waals surface area contributed by atoms with Crippen molar-refractivity contribution in [2.24, 2.45) is 17.8 Å². The Labute approximate surface area is 63.4 Å². The second-order valence-corrected chi connectivity index (χ2v) is 3.45. The first-order chi connectivity index (χ1) is 4.77. The third-order valence-electron chi connectivity index (χ3n) is 2.84. The summed E-state index contributed by atoms with van der Waals surface area (Å²) >= 11 is 0. The van der Waals surface area contributed by atoms with Crippen molar-refractivity contribution in [2.75, 3.05) is 0 Å². The summed E-state index contributed by atoms with van der Waals surface area (Å²) in [5.74, 6) is 2.40. The molecule has 0 spiro atoms. The summed E-state index contributed by atoms with van der Waals surface area (Å²) in [6.45, 7) is 2.30. The van der Waals surface area contributed by atoms with E-state index in [4.69, 9.17) is 7.85 Å². The topological polar surface area (TPSA) is 0 Å². The van der Waals surface area contributed by atoms with E-state index in [2.05, 4.69) is 19.1 Å². The Morgan fingerprint density at radius 3 is 3.00 bits per heavy atom. The molecule has 3 aliphatic carbocycles. The molecule has 2 bridgehead atoms. The zero-order chi connectivity index (χ0) is 7.14. The first-order valence-corrected chi connectivity index (χ1v) is 3.93. The number of hydrogen-bond donors (Lipinski definition) is 0. The Balaban J connectivity index is 2.26. The maximum absolute atomic E-state index is 5.69. The highest BCUT2D eigenvalue weighted by Gasteiger charge is 2.35. The van der Waals surface area contributed by atoms with Crippen molar-refractivity contribution in [2.45, 2.75) is 13.3 Å². The van der Waals surface area contributed by atoms with Crippen LogP contribution in [-0.2, 0) is 0 Å². The fourth-order valence-electron chi connectivity index (χ4n) is 1.88. The van der Waals surface area contributed by atoms with Crippen LogP contribution in [-0.4, -0.2) is 7.85 Å². The summed E-state index contributed by atoms with van der Waals surface area (Å²) in [5.41, 5.74) is 0.955. The molecule has 0 saturated heterocycles. The van der Waals surface area contributed by atoms with E-state index in [0.29, 0.717) is 0 Å². The van der Waals surface area contributed by atoms with Gasteiger partial charge in [-0.3, -0.25) is 0 Å². The molecule has 50 valence electrons. The molecule has 0 N–H and O–H groups in total. The van der Waals surface area contributed by atoms with Crippen LogP contribution in [0, 0.1) is 17.8 Å². The van der Waals surface area contributed by atoms with Gasteiger partial charge in [0.1, 0.15) is 7.85 Å². The van der Waals surface area contributed by atoms with Gasteiger partial charge in [0, 0.05) is 0 Å². The molecule has 3 unspecified atom stereocenters. The predicted molar refractivity (Wildman–Crippen MR) is 43.7 cm³/mol. The Kier molecular flexibility index (Phi) is 1.26. The number of fused-ring (bicyclic) bond motifs is 1. The van der Waals surface area contributed by atoms with E-state index in [1.165, 1.54) is 6.42 Å². The standard InChI is InChI=1S/C9H11B/c1-6-7-2-3-9(10)5-8(6)4-7/h2-3,5-8H,4H2,1H3. The van der Waals surface area contributed by atoms with Crippen LogP contribution in [0.1, 0.15) is 13.3 Å². The smallest absolute Gasteiger partial charge is 0.101 e. The first-order valence-electron chi connectivity index (χ1n) is 3.93. The summed E-state index contributed by atoms with van der Waals surface area (Å²) < 4.78 is 0. The maximum Gasteiger partial charge on any atom is 0.113 e. The summed E-state index contributed by atoms with van der Waals surface area (Å²) in [6.07, 6.45) is 7.82. The predicted octanol–water partition coefficient (Wildman–Crippen LogP) is 1.88. The van der Waals surface area contributed by atoms with Crippen LogP contribution in [0.25, 0.3) is 0 Å². The molecule has 10 heavy (non-hydrogen) atoms. The van der Waals surface area contributed by atoms with Gasteiger partial charge in [-0.05, 0) is 24.2 Å². The number of hydrogen-bond acceptors (Lipinski definition) is 0. The van der Waals surface area contributed by atoms with Gasteiger partial charge in [-0.25, -0.2) is 0 Å². The van der Waals surface area contributed by atoms with Gasteiger partial charge in [0.25, 0.3) is 0 Å². The molecule has 0 amide bonds.